The second-order valence-electron chi connectivity index (χ2n) is 14.5. The van der Waals surface area contributed by atoms with Gasteiger partial charge in [-0.15, -0.1) is 51.9 Å². The molecule has 2 aromatic rings. The lowest BCUT2D eigenvalue weighted by Gasteiger charge is -2.37. The SMILES string of the molecule is C#C.C#C.C#Cc1ccc2nccc(Cl)c2c1.C=C.C=CC[C@@H](C)C(C)(NC(=O)[C@@H]1CCCN1C(=C)CNC(=O)OC(C)(C)C)C(=O)NSC1CC1.CC.CC(C)C. The third-order valence-corrected chi connectivity index (χ3v) is 9.29. The van der Waals surface area contributed by atoms with Gasteiger partial charge in [0.2, 0.25) is 5.91 Å². The number of fused-ring (bicyclic) bond motifs is 1. The number of likely N-dealkylation sites (tertiary alicyclic amines) is 1. The molecule has 58 heavy (non-hydrogen) atoms. The van der Waals surface area contributed by atoms with Crippen molar-refractivity contribution in [2.45, 2.75) is 124 Å². The molecule has 1 saturated heterocycles. The van der Waals surface area contributed by atoms with E-state index in [-0.39, 0.29) is 24.3 Å². The van der Waals surface area contributed by atoms with Crippen molar-refractivity contribution in [3.8, 4) is 38.0 Å². The molecule has 1 aromatic heterocycles. The molecule has 1 unspecified atom stereocenters. The topological polar surface area (TPSA) is 113 Å². The summed E-state index contributed by atoms with van der Waals surface area (Å²) in [6, 6.07) is 6.90. The van der Waals surface area contributed by atoms with Crippen LogP contribution >= 0.6 is 23.5 Å². The summed E-state index contributed by atoms with van der Waals surface area (Å²) in [4.78, 5) is 44.5. The summed E-state index contributed by atoms with van der Waals surface area (Å²) in [5, 5.41) is 7.79. The number of carbonyl (C=O) groups excluding carboxylic acids is 3. The van der Waals surface area contributed by atoms with Crippen LogP contribution in [-0.4, -0.2) is 63.3 Å². The van der Waals surface area contributed by atoms with E-state index in [0.717, 1.165) is 41.6 Å². The number of amides is 3. The van der Waals surface area contributed by atoms with Crippen LogP contribution in [0.25, 0.3) is 10.9 Å². The van der Waals surface area contributed by atoms with Crippen LogP contribution in [0.15, 0.2) is 68.6 Å². The Labute approximate surface area is 361 Å². The molecule has 4 rings (SSSR count). The highest BCUT2D eigenvalue weighted by Crippen LogP contribution is 2.33. The second-order valence-corrected chi connectivity index (χ2v) is 16.1. The maximum atomic E-state index is 13.3. The number of nitrogens with one attached hydrogen (secondary N) is 3. The third kappa shape index (κ3) is 22.2. The number of pyridine rings is 1. The Morgan fingerprint density at radius 3 is 2.12 bits per heavy atom. The highest BCUT2D eigenvalue weighted by Gasteiger charge is 2.43. The number of allylic oxidation sites excluding steroid dienone is 1. The molecule has 1 aromatic carbocycles. The highest BCUT2D eigenvalue weighted by molar-refractivity contribution is 7.98. The molecule has 320 valence electrons. The number of terminal acetylenes is 3. The lowest BCUT2D eigenvalue weighted by atomic mass is 9.83. The Hall–Kier alpha value is -4.82. The monoisotopic (exact) mass is 835 g/mol. The summed E-state index contributed by atoms with van der Waals surface area (Å²) in [7, 11) is 0. The lowest BCUT2D eigenvalue weighted by Crippen LogP contribution is -2.62. The maximum absolute atomic E-state index is 13.3. The summed E-state index contributed by atoms with van der Waals surface area (Å²) < 4.78 is 8.21. The van der Waals surface area contributed by atoms with Crippen molar-refractivity contribution in [2.24, 2.45) is 11.8 Å². The van der Waals surface area contributed by atoms with Gasteiger partial charge in [-0.3, -0.25) is 19.3 Å². The summed E-state index contributed by atoms with van der Waals surface area (Å²) in [5.74, 6) is 2.85. The predicted octanol–water partition coefficient (Wildman–Crippen LogP) is 10.4. The van der Waals surface area contributed by atoms with E-state index in [1.807, 2.05) is 43.9 Å². The van der Waals surface area contributed by atoms with Crippen molar-refractivity contribution < 1.29 is 19.1 Å². The van der Waals surface area contributed by atoms with Crippen molar-refractivity contribution >= 4 is 52.4 Å². The van der Waals surface area contributed by atoms with Crippen molar-refractivity contribution in [2.75, 3.05) is 13.1 Å². The number of aromatic nitrogens is 1. The van der Waals surface area contributed by atoms with Gasteiger partial charge in [-0.25, -0.2) is 4.79 Å². The van der Waals surface area contributed by atoms with Gasteiger partial charge in [0.25, 0.3) is 5.91 Å². The zero-order valence-electron chi connectivity index (χ0n) is 36.8. The summed E-state index contributed by atoms with van der Waals surface area (Å²) >= 11 is 7.41. The van der Waals surface area contributed by atoms with Gasteiger partial charge < -0.3 is 20.3 Å². The molecule has 3 amide bonds. The van der Waals surface area contributed by atoms with Gasteiger partial charge in [-0.1, -0.05) is 71.7 Å². The first kappa shape index (κ1) is 57.5. The van der Waals surface area contributed by atoms with Crippen LogP contribution < -0.4 is 15.4 Å². The van der Waals surface area contributed by atoms with Crippen molar-refractivity contribution in [1.82, 2.24) is 25.2 Å². The van der Waals surface area contributed by atoms with E-state index < -0.39 is 23.3 Å². The van der Waals surface area contributed by atoms with Crippen LogP contribution in [0.2, 0.25) is 5.02 Å². The molecule has 1 aliphatic heterocycles. The van der Waals surface area contributed by atoms with Gasteiger partial charge >= 0.3 is 6.09 Å². The zero-order chi connectivity index (χ0) is 45.6. The van der Waals surface area contributed by atoms with Gasteiger partial charge in [0.15, 0.2) is 0 Å². The Morgan fingerprint density at radius 1 is 1.05 bits per heavy atom. The van der Waals surface area contributed by atoms with Gasteiger partial charge in [-0.05, 0) is 108 Å². The predicted molar refractivity (Wildman–Crippen MR) is 250 cm³/mol. The number of hydrogen-bond acceptors (Lipinski definition) is 7. The fourth-order valence-corrected chi connectivity index (χ4v) is 5.93. The third-order valence-electron chi connectivity index (χ3n) is 7.86. The van der Waals surface area contributed by atoms with Gasteiger partial charge in [0, 0.05) is 34.6 Å². The largest absolute Gasteiger partial charge is 0.444 e. The van der Waals surface area contributed by atoms with Crippen LogP contribution in [0.3, 0.4) is 0 Å². The number of benzene rings is 1. The molecule has 9 nitrogen and oxygen atoms in total. The fraction of sp³-hybridized carbons (Fsp3) is 0.489. The van der Waals surface area contributed by atoms with Crippen molar-refractivity contribution in [3.05, 3.63) is 79.1 Å². The second kappa shape index (κ2) is 31.2. The molecule has 2 aliphatic rings. The molecule has 3 N–H and O–H groups in total. The molecule has 2 fully saturated rings. The Balaban J connectivity index is -0.000000989. The van der Waals surface area contributed by atoms with Crippen LogP contribution in [0, 0.1) is 49.9 Å². The first-order valence-electron chi connectivity index (χ1n) is 19.4. The normalized spacial score (nSPS) is 14.9. The smallest absolute Gasteiger partial charge is 0.407 e. The highest BCUT2D eigenvalue weighted by atomic mass is 35.5. The summed E-state index contributed by atoms with van der Waals surface area (Å²) in [5.41, 5.74) is 0.659. The molecular formula is C47H70ClN5O4S. The summed E-state index contributed by atoms with van der Waals surface area (Å²) in [6.07, 6.45) is 28.5. The molecular weight excluding hydrogens is 766 g/mol. The molecule has 0 radical (unpaired) electrons. The average Bonchev–Trinajstić information content (AvgIpc) is 3.90. The number of rotatable bonds is 11. The Kier molecular flexibility index (Phi) is 30.9. The standard InChI is InChI=1S/C24H40N4O4S.C11H6ClN.C4H10.C2H6.C2H4.2C2H2/c1-8-10-16(2)24(7,21(30)27-33-18-12-13-18)26-20(29)19-11-9-14-28(19)17(3)15-25-22(31)32-23(4,5)6;1-2-8-3-4-11-9(7-8)10(12)5-6-13-11;1-4(2)3;4*1-2/h8,16,18-19H,1,3,9-15H2,2,4-7H3,(H,25,31)(H,26,29)(H,27,30);1,3-7H;4H,1-3H3;1-2H3;1-2H2;2*1-2H/t16-,19+,24?;;;;;;/m1....../s1. The van der Waals surface area contributed by atoms with E-state index in [4.69, 9.17) is 22.8 Å². The lowest BCUT2D eigenvalue weighted by molar-refractivity contribution is -0.135. The van der Waals surface area contributed by atoms with E-state index in [9.17, 15) is 14.4 Å². The molecule has 1 saturated carbocycles. The van der Waals surface area contributed by atoms with E-state index in [1.165, 1.54) is 11.9 Å². The number of alkyl carbamates (subject to hydrolysis) is 1. The van der Waals surface area contributed by atoms with Gasteiger partial charge in [-0.2, -0.15) is 0 Å². The average molecular weight is 837 g/mol. The fourth-order valence-electron chi connectivity index (χ4n) is 4.87. The van der Waals surface area contributed by atoms with Crippen molar-refractivity contribution in [1.29, 1.82) is 0 Å². The number of ether oxygens (including phenoxy) is 1. The van der Waals surface area contributed by atoms with Crippen LogP contribution in [0.5, 0.6) is 0 Å². The van der Waals surface area contributed by atoms with E-state index >= 15 is 0 Å². The molecule has 0 bridgehead atoms. The number of hydrogen-bond donors (Lipinski definition) is 3. The van der Waals surface area contributed by atoms with Crippen LogP contribution in [-0.2, 0) is 14.3 Å². The first-order chi connectivity index (χ1) is 27.4. The molecule has 2 heterocycles. The molecule has 11 heteroatoms. The number of carbonyl (C=O) groups is 3. The van der Waals surface area contributed by atoms with Gasteiger partial charge in [0.05, 0.1) is 17.1 Å². The molecule has 3 atom stereocenters. The Morgan fingerprint density at radius 2 is 1.62 bits per heavy atom. The first-order valence-corrected chi connectivity index (χ1v) is 20.6. The van der Waals surface area contributed by atoms with E-state index in [0.29, 0.717) is 35.4 Å². The van der Waals surface area contributed by atoms with Crippen molar-refractivity contribution in [3.63, 3.8) is 0 Å². The van der Waals surface area contributed by atoms with E-state index in [2.05, 4.69) is 99.0 Å². The molecule has 1 aliphatic carbocycles. The zero-order valence-corrected chi connectivity index (χ0v) is 38.3. The minimum Gasteiger partial charge on any atom is -0.444 e. The maximum Gasteiger partial charge on any atom is 0.407 e. The Bertz CT molecular complexity index is 1630. The molecule has 0 spiro atoms. The summed E-state index contributed by atoms with van der Waals surface area (Å²) in [6.45, 7) is 34.3. The van der Waals surface area contributed by atoms with E-state index in [1.54, 1.807) is 46.0 Å². The van der Waals surface area contributed by atoms with Gasteiger partial charge in [0.1, 0.15) is 17.2 Å². The number of nitrogens with zero attached hydrogens (tertiary/aromatic N) is 2. The minimum absolute atomic E-state index is 0.134. The minimum atomic E-state index is -1.07. The van der Waals surface area contributed by atoms with Crippen LogP contribution in [0.1, 0.15) is 107 Å². The quantitative estimate of drug-likeness (QED) is 0.117. The van der Waals surface area contributed by atoms with Crippen LogP contribution in [0.4, 0.5) is 4.79 Å². The number of halogens is 1.